The molecular weight excluding hydrogens is 448 g/mol. The summed E-state index contributed by atoms with van der Waals surface area (Å²) in [6.45, 7) is 0. The number of aromatic carboxylic acids is 1. The number of carboxylic acid groups (broad SMARTS) is 1. The summed E-state index contributed by atoms with van der Waals surface area (Å²) >= 11 is 0. The number of nitrogens with zero attached hydrogens (tertiary/aromatic N) is 3. The summed E-state index contributed by atoms with van der Waals surface area (Å²) in [7, 11) is -2.54. The van der Waals surface area contributed by atoms with Crippen LogP contribution in [0.4, 0.5) is 0 Å². The molecule has 11 heteroatoms. The van der Waals surface area contributed by atoms with E-state index in [-0.39, 0.29) is 33.1 Å². The number of rotatable bonds is 6. The van der Waals surface area contributed by atoms with Gasteiger partial charge in [-0.05, 0) is 36.4 Å². The summed E-state index contributed by atoms with van der Waals surface area (Å²) in [5, 5.41) is 23.1. The van der Waals surface area contributed by atoms with Crippen LogP contribution < -0.4 is 5.32 Å². The first-order valence-corrected chi connectivity index (χ1v) is 11.1. The van der Waals surface area contributed by atoms with Crippen molar-refractivity contribution in [1.29, 1.82) is 0 Å². The Bertz CT molecular complexity index is 1480. The van der Waals surface area contributed by atoms with Crippen LogP contribution in [0.25, 0.3) is 10.9 Å². The predicted octanol–water partition coefficient (Wildman–Crippen LogP) is 1.81. The third kappa shape index (κ3) is 3.95. The van der Waals surface area contributed by atoms with Crippen LogP contribution in [-0.4, -0.2) is 51.5 Å². The molecule has 0 aliphatic heterocycles. The van der Waals surface area contributed by atoms with Crippen molar-refractivity contribution in [2.45, 2.75) is 11.0 Å². The minimum absolute atomic E-state index is 0.0624. The number of benzene rings is 1. The first-order valence-electron chi connectivity index (χ1n) is 9.66. The third-order valence-corrected chi connectivity index (χ3v) is 6.71. The predicted molar refractivity (Wildman–Crippen MR) is 117 cm³/mol. The molecule has 4 aromatic rings. The second-order valence-electron chi connectivity index (χ2n) is 7.01. The smallest absolute Gasteiger partial charge is 0.335 e. The van der Waals surface area contributed by atoms with Gasteiger partial charge in [0.25, 0.3) is 15.9 Å². The van der Waals surface area contributed by atoms with Crippen molar-refractivity contribution in [3.63, 3.8) is 0 Å². The van der Waals surface area contributed by atoms with Crippen LogP contribution in [0.5, 0.6) is 0 Å². The van der Waals surface area contributed by atoms with Gasteiger partial charge in [-0.1, -0.05) is 18.2 Å². The van der Waals surface area contributed by atoms with E-state index in [1.54, 1.807) is 18.2 Å². The van der Waals surface area contributed by atoms with E-state index >= 15 is 0 Å². The zero-order chi connectivity index (χ0) is 23.8. The van der Waals surface area contributed by atoms with E-state index in [1.807, 2.05) is 0 Å². The highest BCUT2D eigenvalue weighted by molar-refractivity contribution is 7.90. The number of pyridine rings is 2. The largest absolute Gasteiger partial charge is 0.478 e. The van der Waals surface area contributed by atoms with Gasteiger partial charge in [-0.15, -0.1) is 0 Å². The number of aromatic nitrogens is 3. The maximum atomic E-state index is 13.1. The lowest BCUT2D eigenvalue weighted by Crippen LogP contribution is -2.21. The summed E-state index contributed by atoms with van der Waals surface area (Å²) in [6, 6.07) is 13.1. The van der Waals surface area contributed by atoms with Crippen LogP contribution in [0.1, 0.15) is 38.3 Å². The van der Waals surface area contributed by atoms with Crippen LogP contribution in [0.3, 0.4) is 0 Å². The molecule has 168 valence electrons. The lowest BCUT2D eigenvalue weighted by molar-refractivity contribution is 0.0696. The number of aliphatic hydroxyl groups is 1. The Morgan fingerprint density at radius 2 is 1.82 bits per heavy atom. The Kier molecular flexibility index (Phi) is 5.66. The van der Waals surface area contributed by atoms with Crippen molar-refractivity contribution in [3.05, 3.63) is 89.6 Å². The molecule has 0 aliphatic carbocycles. The summed E-state index contributed by atoms with van der Waals surface area (Å²) in [4.78, 5) is 31.9. The van der Waals surface area contributed by atoms with E-state index in [2.05, 4.69) is 15.3 Å². The van der Waals surface area contributed by atoms with Crippen molar-refractivity contribution in [2.24, 2.45) is 0 Å². The minimum atomic E-state index is -3.91. The highest BCUT2D eigenvalue weighted by Gasteiger charge is 2.24. The number of carbonyl (C=O) groups is 2. The van der Waals surface area contributed by atoms with Gasteiger partial charge in [0, 0.05) is 24.8 Å². The van der Waals surface area contributed by atoms with E-state index in [4.69, 9.17) is 0 Å². The molecule has 10 nitrogen and oxygen atoms in total. The molecule has 3 N–H and O–H groups in total. The van der Waals surface area contributed by atoms with Crippen LogP contribution in [0, 0.1) is 0 Å². The van der Waals surface area contributed by atoms with Gasteiger partial charge in [0.05, 0.1) is 27.4 Å². The summed E-state index contributed by atoms with van der Waals surface area (Å²) in [5.74, 6) is -1.93. The molecule has 33 heavy (non-hydrogen) atoms. The average molecular weight is 466 g/mol. The first kappa shape index (κ1) is 22.1. The van der Waals surface area contributed by atoms with Gasteiger partial charge in [-0.2, -0.15) is 0 Å². The number of fused-ring (bicyclic) bond motifs is 1. The minimum Gasteiger partial charge on any atom is -0.478 e. The normalized spacial score (nSPS) is 12.4. The molecule has 1 atom stereocenters. The molecule has 1 amide bonds. The zero-order valence-electron chi connectivity index (χ0n) is 17.2. The van der Waals surface area contributed by atoms with E-state index < -0.39 is 28.0 Å². The van der Waals surface area contributed by atoms with E-state index in [9.17, 15) is 28.2 Å². The van der Waals surface area contributed by atoms with Crippen molar-refractivity contribution in [3.8, 4) is 0 Å². The van der Waals surface area contributed by atoms with Gasteiger partial charge in [0.15, 0.2) is 0 Å². The number of hydrogen-bond donors (Lipinski definition) is 3. The van der Waals surface area contributed by atoms with Gasteiger partial charge in [-0.3, -0.25) is 9.78 Å². The standard InChI is InChI=1S/C22H18N4O6S/c1-23-21(28)17-12-13(22(29)30)11-16(25-17)20(27)19-15-8-10-26(18(15)7-9-24-19)33(31,32)14-5-3-2-4-6-14/h2-12,20,27H,1H3,(H,23,28)(H,29,30). The Balaban J connectivity index is 1.85. The Hall–Kier alpha value is -4.09. The second kappa shape index (κ2) is 8.45. The molecule has 0 radical (unpaired) electrons. The highest BCUT2D eigenvalue weighted by Crippen LogP contribution is 2.29. The monoisotopic (exact) mass is 466 g/mol. The van der Waals surface area contributed by atoms with Crippen molar-refractivity contribution in [2.75, 3.05) is 7.05 Å². The molecule has 1 unspecified atom stereocenters. The maximum absolute atomic E-state index is 13.1. The van der Waals surface area contributed by atoms with Crippen LogP contribution in [-0.2, 0) is 10.0 Å². The van der Waals surface area contributed by atoms with E-state index in [0.717, 1.165) is 16.1 Å². The quantitative estimate of drug-likeness (QED) is 0.389. The van der Waals surface area contributed by atoms with E-state index in [0.29, 0.717) is 5.39 Å². The Morgan fingerprint density at radius 1 is 1.09 bits per heavy atom. The fourth-order valence-corrected chi connectivity index (χ4v) is 4.77. The summed E-state index contributed by atoms with van der Waals surface area (Å²) in [6.07, 6.45) is 1.16. The number of hydrogen-bond acceptors (Lipinski definition) is 7. The molecule has 0 spiro atoms. The van der Waals surface area contributed by atoms with Crippen molar-refractivity contribution < 1.29 is 28.2 Å². The zero-order valence-corrected chi connectivity index (χ0v) is 18.0. The lowest BCUT2D eigenvalue weighted by atomic mass is 10.1. The van der Waals surface area contributed by atoms with Crippen molar-refractivity contribution in [1.82, 2.24) is 19.3 Å². The van der Waals surface area contributed by atoms with Gasteiger partial charge in [0.2, 0.25) is 0 Å². The van der Waals surface area contributed by atoms with Crippen LogP contribution >= 0.6 is 0 Å². The molecule has 0 saturated carbocycles. The molecule has 3 heterocycles. The first-order chi connectivity index (χ1) is 15.7. The lowest BCUT2D eigenvalue weighted by Gasteiger charge is -2.14. The van der Waals surface area contributed by atoms with Crippen LogP contribution in [0.15, 0.2) is 71.9 Å². The van der Waals surface area contributed by atoms with Crippen molar-refractivity contribution >= 4 is 32.8 Å². The average Bonchev–Trinajstić information content (AvgIpc) is 3.28. The van der Waals surface area contributed by atoms with Gasteiger partial charge in [0.1, 0.15) is 11.8 Å². The Morgan fingerprint density at radius 3 is 2.48 bits per heavy atom. The fraction of sp³-hybridized carbons (Fsp3) is 0.0909. The maximum Gasteiger partial charge on any atom is 0.335 e. The number of carbonyl (C=O) groups excluding carboxylic acids is 1. The third-order valence-electron chi connectivity index (χ3n) is 5.00. The van der Waals surface area contributed by atoms with E-state index in [1.165, 1.54) is 43.7 Å². The number of nitrogens with one attached hydrogen (secondary N) is 1. The molecule has 1 aromatic carbocycles. The summed E-state index contributed by atoms with van der Waals surface area (Å²) in [5.41, 5.74) is -0.222. The number of aliphatic hydroxyl groups excluding tert-OH is 1. The highest BCUT2D eigenvalue weighted by atomic mass is 32.2. The summed E-state index contributed by atoms with van der Waals surface area (Å²) < 4.78 is 27.3. The van der Waals surface area contributed by atoms with Gasteiger partial charge >= 0.3 is 5.97 Å². The second-order valence-corrected chi connectivity index (χ2v) is 8.83. The topological polar surface area (TPSA) is 151 Å². The number of carboxylic acids is 1. The molecule has 0 bridgehead atoms. The van der Waals surface area contributed by atoms with Gasteiger partial charge in [-0.25, -0.2) is 22.2 Å². The van der Waals surface area contributed by atoms with Gasteiger partial charge < -0.3 is 15.5 Å². The fourth-order valence-electron chi connectivity index (χ4n) is 3.40. The molecular formula is C22H18N4O6S. The molecule has 0 saturated heterocycles. The van der Waals surface area contributed by atoms with Crippen LogP contribution in [0.2, 0.25) is 0 Å². The Labute approximate surface area is 188 Å². The molecule has 0 fully saturated rings. The number of amides is 1. The molecule has 4 rings (SSSR count). The SMILES string of the molecule is CNC(=O)c1cc(C(=O)O)cc(C(O)c2nccc3c2ccn3S(=O)(=O)c2ccccc2)n1. The molecule has 0 aliphatic rings. The molecule has 3 aromatic heterocycles.